The second-order valence-electron chi connectivity index (χ2n) is 3.17. The van der Waals surface area contributed by atoms with E-state index in [-0.39, 0.29) is 0 Å². The van der Waals surface area contributed by atoms with E-state index in [9.17, 15) is 0 Å². The smallest absolute Gasteiger partial charge is 0.240 e. The Morgan fingerprint density at radius 1 is 1.00 bits per heavy atom. The molecule has 2 aromatic heterocycles. The summed E-state index contributed by atoms with van der Waals surface area (Å²) in [4.78, 5) is 8.34. The molecular weight excluding hydrogens is 228 g/mol. The van der Waals surface area contributed by atoms with Crippen molar-refractivity contribution in [1.82, 2.24) is 20.3 Å². The summed E-state index contributed by atoms with van der Waals surface area (Å²) in [6, 6.07) is 7.32. The fraction of sp³-hybridized carbons (Fsp3) is 0. The number of fused-ring (bicyclic) bond motifs is 1. The van der Waals surface area contributed by atoms with E-state index in [0.29, 0.717) is 22.0 Å². The summed E-state index contributed by atoms with van der Waals surface area (Å²) in [6.07, 6.45) is 1.62. The van der Waals surface area contributed by atoms with Crippen LogP contribution in [0.3, 0.4) is 0 Å². The molecule has 0 atom stereocenters. The summed E-state index contributed by atoms with van der Waals surface area (Å²) in [5.74, 6) is 0. The van der Waals surface area contributed by atoms with Gasteiger partial charge in [-0.05, 0) is 22.4 Å². The molecule has 16 heavy (non-hydrogen) atoms. The molecule has 0 unspecified atom stereocenters. The Hall–Kier alpha value is -2.01. The first-order valence-electron chi connectivity index (χ1n) is 4.54. The summed E-state index contributed by atoms with van der Waals surface area (Å²) in [5.41, 5.74) is 2.42. The molecule has 3 rings (SSSR count). The highest BCUT2D eigenvalue weighted by Crippen LogP contribution is 2.19. The summed E-state index contributed by atoms with van der Waals surface area (Å²) in [7, 11) is 0. The van der Waals surface area contributed by atoms with Gasteiger partial charge in [-0.25, -0.2) is 14.6 Å². The fourth-order valence-electron chi connectivity index (χ4n) is 1.36. The molecule has 0 bridgehead atoms. The highest BCUT2D eigenvalue weighted by molar-refractivity contribution is 6.30. The highest BCUT2D eigenvalue weighted by atomic mass is 35.5. The summed E-state index contributed by atoms with van der Waals surface area (Å²) < 4.78 is 4.53. The zero-order chi connectivity index (χ0) is 11.0. The first kappa shape index (κ1) is 9.23. The second-order valence-corrected chi connectivity index (χ2v) is 3.61. The lowest BCUT2D eigenvalue weighted by atomic mass is 10.2. The molecule has 0 aliphatic carbocycles. The first-order valence-corrected chi connectivity index (χ1v) is 4.92. The number of hydrogen-bond donors (Lipinski definition) is 0. The molecule has 0 N–H and O–H groups in total. The number of hydrogen-bond acceptors (Lipinski definition) is 5. The topological polar surface area (TPSA) is 64.7 Å². The number of nitrogens with zero attached hydrogens (tertiary/aromatic N) is 4. The molecule has 2 heterocycles. The van der Waals surface area contributed by atoms with Crippen molar-refractivity contribution in [3.63, 3.8) is 0 Å². The van der Waals surface area contributed by atoms with E-state index in [4.69, 9.17) is 11.6 Å². The Morgan fingerprint density at radius 2 is 1.75 bits per heavy atom. The van der Waals surface area contributed by atoms with Gasteiger partial charge in [0.2, 0.25) is 11.3 Å². The monoisotopic (exact) mass is 232 g/mol. The van der Waals surface area contributed by atoms with Crippen LogP contribution in [0.1, 0.15) is 0 Å². The number of halogens is 1. The normalized spacial score (nSPS) is 10.8. The van der Waals surface area contributed by atoms with Gasteiger partial charge in [0.25, 0.3) is 0 Å². The van der Waals surface area contributed by atoms with Crippen LogP contribution in [-0.4, -0.2) is 20.3 Å². The van der Waals surface area contributed by atoms with Crippen molar-refractivity contribution >= 4 is 22.9 Å². The van der Waals surface area contributed by atoms with Gasteiger partial charge in [-0.1, -0.05) is 23.7 Å². The van der Waals surface area contributed by atoms with E-state index in [2.05, 4.69) is 24.9 Å². The Labute approximate surface area is 95.0 Å². The Balaban J connectivity index is 2.14. The molecule has 3 aromatic rings. The summed E-state index contributed by atoms with van der Waals surface area (Å²) in [6.45, 7) is 0. The van der Waals surface area contributed by atoms with E-state index in [1.165, 1.54) is 0 Å². The maximum absolute atomic E-state index is 5.80. The Morgan fingerprint density at radius 3 is 2.56 bits per heavy atom. The van der Waals surface area contributed by atoms with Crippen LogP contribution >= 0.6 is 11.6 Å². The van der Waals surface area contributed by atoms with Crippen LogP contribution in [-0.2, 0) is 0 Å². The highest BCUT2D eigenvalue weighted by Gasteiger charge is 2.06. The largest absolute Gasteiger partial charge is 0.243 e. The van der Waals surface area contributed by atoms with E-state index >= 15 is 0 Å². The van der Waals surface area contributed by atoms with Crippen LogP contribution in [0.15, 0.2) is 35.1 Å². The standard InChI is InChI=1S/C10H5ClN4O/c11-7-3-1-6(2-4-7)8-5-12-9-10(13-8)15-16-14-9/h1-5H. The lowest BCUT2D eigenvalue weighted by molar-refractivity contribution is 0.314. The third-order valence-electron chi connectivity index (χ3n) is 2.13. The molecule has 0 aliphatic rings. The Bertz CT molecular complexity index is 635. The molecule has 5 nitrogen and oxygen atoms in total. The fourth-order valence-corrected chi connectivity index (χ4v) is 1.48. The van der Waals surface area contributed by atoms with E-state index < -0.39 is 0 Å². The van der Waals surface area contributed by atoms with Crippen molar-refractivity contribution in [3.8, 4) is 11.3 Å². The second kappa shape index (κ2) is 3.53. The number of benzene rings is 1. The third kappa shape index (κ3) is 1.51. The van der Waals surface area contributed by atoms with Gasteiger partial charge >= 0.3 is 0 Å². The minimum absolute atomic E-state index is 0.396. The molecule has 0 spiro atoms. The number of aromatic nitrogens is 4. The molecule has 1 aromatic carbocycles. The molecule has 0 saturated heterocycles. The SMILES string of the molecule is Clc1ccc(-c2cnc3nonc3n2)cc1. The van der Waals surface area contributed by atoms with Crippen molar-refractivity contribution in [1.29, 1.82) is 0 Å². The summed E-state index contributed by atoms with van der Waals surface area (Å²) in [5, 5.41) is 7.90. The predicted molar refractivity (Wildman–Crippen MR) is 57.8 cm³/mol. The average Bonchev–Trinajstić information content (AvgIpc) is 2.77. The van der Waals surface area contributed by atoms with Gasteiger partial charge in [-0.3, -0.25) is 0 Å². The van der Waals surface area contributed by atoms with E-state index in [1.54, 1.807) is 18.3 Å². The quantitative estimate of drug-likeness (QED) is 0.644. The lowest BCUT2D eigenvalue weighted by Gasteiger charge is -1.98. The molecule has 6 heteroatoms. The zero-order valence-electron chi connectivity index (χ0n) is 7.96. The van der Waals surface area contributed by atoms with Gasteiger partial charge in [0.15, 0.2) is 0 Å². The van der Waals surface area contributed by atoms with Crippen molar-refractivity contribution < 1.29 is 4.63 Å². The molecule has 0 radical (unpaired) electrons. The van der Waals surface area contributed by atoms with Crippen LogP contribution in [0.25, 0.3) is 22.6 Å². The van der Waals surface area contributed by atoms with Crippen LogP contribution in [0.4, 0.5) is 0 Å². The molecule has 0 fully saturated rings. The molecule has 0 amide bonds. The first-order chi connectivity index (χ1) is 7.83. The zero-order valence-corrected chi connectivity index (χ0v) is 8.72. The predicted octanol–water partition coefficient (Wildman–Crippen LogP) is 2.33. The molecule has 78 valence electrons. The number of rotatable bonds is 1. The summed E-state index contributed by atoms with van der Waals surface area (Å²) >= 11 is 5.80. The maximum atomic E-state index is 5.80. The van der Waals surface area contributed by atoms with Crippen molar-refractivity contribution in [3.05, 3.63) is 35.5 Å². The van der Waals surface area contributed by atoms with E-state index in [1.807, 2.05) is 12.1 Å². The van der Waals surface area contributed by atoms with Crippen molar-refractivity contribution in [2.75, 3.05) is 0 Å². The molecule has 0 aliphatic heterocycles. The maximum Gasteiger partial charge on any atom is 0.243 e. The van der Waals surface area contributed by atoms with Crippen molar-refractivity contribution in [2.45, 2.75) is 0 Å². The van der Waals surface area contributed by atoms with Gasteiger partial charge in [0, 0.05) is 10.6 Å². The third-order valence-corrected chi connectivity index (χ3v) is 2.38. The lowest BCUT2D eigenvalue weighted by Crippen LogP contribution is -1.87. The molecule has 0 saturated carbocycles. The van der Waals surface area contributed by atoms with Gasteiger partial charge in [-0.2, -0.15) is 0 Å². The average molecular weight is 233 g/mol. The van der Waals surface area contributed by atoms with Crippen LogP contribution in [0.2, 0.25) is 5.02 Å². The molecular formula is C10H5ClN4O. The minimum atomic E-state index is 0.396. The van der Waals surface area contributed by atoms with E-state index in [0.717, 1.165) is 5.56 Å². The van der Waals surface area contributed by atoms with Gasteiger partial charge in [-0.15, -0.1) is 0 Å². The van der Waals surface area contributed by atoms with Gasteiger partial charge in [0.05, 0.1) is 11.9 Å². The van der Waals surface area contributed by atoms with Crippen LogP contribution < -0.4 is 0 Å². The van der Waals surface area contributed by atoms with Gasteiger partial charge in [0.1, 0.15) is 0 Å². The van der Waals surface area contributed by atoms with Crippen LogP contribution in [0, 0.1) is 0 Å². The van der Waals surface area contributed by atoms with Gasteiger partial charge < -0.3 is 0 Å². The Kier molecular flexibility index (Phi) is 2.04. The van der Waals surface area contributed by atoms with Crippen molar-refractivity contribution in [2.24, 2.45) is 0 Å². The van der Waals surface area contributed by atoms with Crippen LogP contribution in [0.5, 0.6) is 0 Å². The minimum Gasteiger partial charge on any atom is -0.240 e.